The highest BCUT2D eigenvalue weighted by atomic mass is 32.2. The molecule has 1 aliphatic heterocycles. The van der Waals surface area contributed by atoms with Crippen LogP contribution in [-0.2, 0) is 10.0 Å². The van der Waals surface area contributed by atoms with Gasteiger partial charge in [0.1, 0.15) is 5.75 Å². The van der Waals surface area contributed by atoms with E-state index < -0.39 is 10.0 Å². The zero-order chi connectivity index (χ0) is 19.4. The molecule has 2 aromatic rings. The number of likely N-dealkylation sites (tertiary alicyclic amines) is 1. The van der Waals surface area contributed by atoms with Crippen molar-refractivity contribution in [2.45, 2.75) is 22.6 Å². The Morgan fingerprint density at radius 3 is 2.56 bits per heavy atom. The first kappa shape index (κ1) is 19.6. The van der Waals surface area contributed by atoms with E-state index in [1.54, 1.807) is 35.2 Å². The number of ether oxygens (including phenoxy) is 1. The summed E-state index contributed by atoms with van der Waals surface area (Å²) in [5, 5.41) is 0. The van der Waals surface area contributed by atoms with Crippen molar-refractivity contribution in [3.63, 3.8) is 0 Å². The molecule has 0 bridgehead atoms. The van der Waals surface area contributed by atoms with Gasteiger partial charge >= 0.3 is 0 Å². The minimum absolute atomic E-state index is 0.0608. The lowest BCUT2D eigenvalue weighted by atomic mass is 10.2. The fourth-order valence-corrected chi connectivity index (χ4v) is 4.66. The first-order valence-electron chi connectivity index (χ1n) is 8.59. The first-order chi connectivity index (χ1) is 12.9. The number of amides is 1. The molecule has 6 nitrogen and oxygen atoms in total. The maximum absolute atomic E-state index is 12.8. The molecule has 1 N–H and O–H groups in total. The molecule has 1 aliphatic rings. The second-order valence-electron chi connectivity index (χ2n) is 6.20. The molecule has 2 aromatic carbocycles. The van der Waals surface area contributed by atoms with Gasteiger partial charge in [0, 0.05) is 24.1 Å². The van der Waals surface area contributed by atoms with E-state index in [-0.39, 0.29) is 10.8 Å². The minimum atomic E-state index is -3.83. The summed E-state index contributed by atoms with van der Waals surface area (Å²) in [6, 6.07) is 11.4. The number of anilines is 1. The average molecular weight is 407 g/mol. The first-order valence-corrected chi connectivity index (χ1v) is 11.3. The summed E-state index contributed by atoms with van der Waals surface area (Å²) in [6.07, 6.45) is 3.84. The van der Waals surface area contributed by atoms with E-state index in [9.17, 15) is 13.2 Å². The van der Waals surface area contributed by atoms with Gasteiger partial charge in [-0.15, -0.1) is 11.8 Å². The Labute approximate surface area is 164 Å². The molecule has 0 aliphatic carbocycles. The average Bonchev–Trinajstić information content (AvgIpc) is 3.21. The van der Waals surface area contributed by atoms with Crippen molar-refractivity contribution in [3.8, 4) is 5.75 Å². The number of nitrogens with zero attached hydrogens (tertiary/aromatic N) is 1. The van der Waals surface area contributed by atoms with Crippen LogP contribution in [0.25, 0.3) is 0 Å². The van der Waals surface area contributed by atoms with Gasteiger partial charge in [0.25, 0.3) is 15.9 Å². The maximum atomic E-state index is 12.8. The van der Waals surface area contributed by atoms with Crippen molar-refractivity contribution in [1.29, 1.82) is 0 Å². The van der Waals surface area contributed by atoms with E-state index >= 15 is 0 Å². The lowest BCUT2D eigenvalue weighted by molar-refractivity contribution is 0.0789. The molecule has 0 radical (unpaired) electrons. The third-order valence-electron chi connectivity index (χ3n) is 4.43. The number of carbonyl (C=O) groups excluding carboxylic acids is 1. The molecule has 0 spiro atoms. The number of rotatable bonds is 6. The van der Waals surface area contributed by atoms with Gasteiger partial charge in [-0.05, 0) is 49.4 Å². The van der Waals surface area contributed by atoms with Crippen LogP contribution in [0.1, 0.15) is 23.2 Å². The van der Waals surface area contributed by atoms with Crippen LogP contribution in [0.15, 0.2) is 52.3 Å². The van der Waals surface area contributed by atoms with E-state index in [0.29, 0.717) is 30.1 Å². The topological polar surface area (TPSA) is 75.7 Å². The summed E-state index contributed by atoms with van der Waals surface area (Å²) < 4.78 is 33.3. The van der Waals surface area contributed by atoms with Crippen molar-refractivity contribution >= 4 is 33.4 Å². The van der Waals surface area contributed by atoms with Gasteiger partial charge in [-0.1, -0.05) is 6.07 Å². The lowest BCUT2D eigenvalue weighted by Gasteiger charge is -2.18. The molecule has 27 heavy (non-hydrogen) atoms. The van der Waals surface area contributed by atoms with Crippen molar-refractivity contribution in [2.75, 3.05) is 31.2 Å². The summed E-state index contributed by atoms with van der Waals surface area (Å²) >= 11 is 1.43. The van der Waals surface area contributed by atoms with Crippen molar-refractivity contribution in [1.82, 2.24) is 4.90 Å². The summed E-state index contributed by atoms with van der Waals surface area (Å²) in [4.78, 5) is 15.4. The number of thioether (sulfide) groups is 1. The second kappa shape index (κ2) is 8.22. The van der Waals surface area contributed by atoms with E-state index in [1.165, 1.54) is 31.0 Å². The SMILES string of the molecule is COc1cccc(NS(=O)(=O)c2ccc(SC)c(C(=O)N3CCCC3)c2)c1. The van der Waals surface area contributed by atoms with E-state index in [4.69, 9.17) is 4.74 Å². The number of sulfonamides is 1. The quantitative estimate of drug-likeness (QED) is 0.744. The van der Waals surface area contributed by atoms with Gasteiger partial charge in [0.05, 0.1) is 23.3 Å². The van der Waals surface area contributed by atoms with Crippen molar-refractivity contribution < 1.29 is 17.9 Å². The van der Waals surface area contributed by atoms with Crippen LogP contribution in [0.2, 0.25) is 0 Å². The van der Waals surface area contributed by atoms with Gasteiger partial charge in [0.15, 0.2) is 0 Å². The zero-order valence-corrected chi connectivity index (χ0v) is 16.9. The largest absolute Gasteiger partial charge is 0.497 e. The molecule has 144 valence electrons. The smallest absolute Gasteiger partial charge is 0.261 e. The molecular weight excluding hydrogens is 384 g/mol. The van der Waals surface area contributed by atoms with Gasteiger partial charge in [0.2, 0.25) is 0 Å². The second-order valence-corrected chi connectivity index (χ2v) is 8.73. The van der Waals surface area contributed by atoms with Crippen LogP contribution < -0.4 is 9.46 Å². The molecule has 1 fully saturated rings. The lowest BCUT2D eigenvalue weighted by Crippen LogP contribution is -2.28. The number of nitrogens with one attached hydrogen (secondary N) is 1. The molecule has 8 heteroatoms. The Bertz CT molecular complexity index is 938. The summed E-state index contributed by atoms with van der Waals surface area (Å²) in [5.41, 5.74) is 0.827. The van der Waals surface area contributed by atoms with Gasteiger partial charge < -0.3 is 9.64 Å². The molecule has 0 atom stereocenters. The summed E-state index contributed by atoms with van der Waals surface area (Å²) in [5.74, 6) is 0.438. The number of carbonyl (C=O) groups is 1. The maximum Gasteiger partial charge on any atom is 0.261 e. The Morgan fingerprint density at radius 2 is 1.89 bits per heavy atom. The monoisotopic (exact) mass is 406 g/mol. The Balaban J connectivity index is 1.92. The molecule has 0 unspecified atom stereocenters. The summed E-state index contributed by atoms with van der Waals surface area (Å²) in [7, 11) is -2.31. The molecular formula is C19H22N2O4S2. The molecule has 0 saturated carbocycles. The number of hydrogen-bond donors (Lipinski definition) is 1. The minimum Gasteiger partial charge on any atom is -0.497 e. The van der Waals surface area contributed by atoms with Gasteiger partial charge in [-0.2, -0.15) is 0 Å². The molecule has 1 saturated heterocycles. The van der Waals surface area contributed by atoms with E-state index in [2.05, 4.69) is 4.72 Å². The highest BCUT2D eigenvalue weighted by Gasteiger charge is 2.24. The Hall–Kier alpha value is -2.19. The summed E-state index contributed by atoms with van der Waals surface area (Å²) in [6.45, 7) is 1.43. The Kier molecular flexibility index (Phi) is 5.96. The van der Waals surface area contributed by atoms with Gasteiger partial charge in [-0.25, -0.2) is 8.42 Å². The number of hydrogen-bond acceptors (Lipinski definition) is 5. The standard InChI is InChI=1S/C19H22N2O4S2/c1-25-15-7-5-6-14(12-15)20-27(23,24)16-8-9-18(26-2)17(13-16)19(22)21-10-3-4-11-21/h5-9,12-13,20H,3-4,10-11H2,1-2H3. The molecule has 1 heterocycles. The van der Waals surface area contributed by atoms with Crippen LogP contribution in [0.3, 0.4) is 0 Å². The zero-order valence-electron chi connectivity index (χ0n) is 15.3. The number of methoxy groups -OCH3 is 1. The van der Waals surface area contributed by atoms with Crippen LogP contribution in [0, 0.1) is 0 Å². The van der Waals surface area contributed by atoms with Crippen LogP contribution >= 0.6 is 11.8 Å². The van der Waals surface area contributed by atoms with Gasteiger partial charge in [-0.3, -0.25) is 9.52 Å². The predicted octanol–water partition coefficient (Wildman–Crippen LogP) is 3.45. The van der Waals surface area contributed by atoms with Crippen molar-refractivity contribution in [3.05, 3.63) is 48.0 Å². The highest BCUT2D eigenvalue weighted by molar-refractivity contribution is 7.98. The van der Waals surface area contributed by atoms with E-state index in [1.807, 2.05) is 6.26 Å². The molecule has 3 rings (SSSR count). The van der Waals surface area contributed by atoms with Crippen molar-refractivity contribution in [2.24, 2.45) is 0 Å². The van der Waals surface area contributed by atoms with Crippen LogP contribution in [0.4, 0.5) is 5.69 Å². The third kappa shape index (κ3) is 4.39. The number of benzene rings is 2. The third-order valence-corrected chi connectivity index (χ3v) is 6.60. The van der Waals surface area contributed by atoms with Crippen LogP contribution in [-0.4, -0.2) is 45.7 Å². The molecule has 1 amide bonds. The fourth-order valence-electron chi connectivity index (χ4n) is 3.01. The van der Waals surface area contributed by atoms with E-state index in [0.717, 1.165) is 17.7 Å². The normalized spacial score (nSPS) is 14.2. The van der Waals surface area contributed by atoms with Crippen LogP contribution in [0.5, 0.6) is 5.75 Å². The Morgan fingerprint density at radius 1 is 1.15 bits per heavy atom. The predicted molar refractivity (Wildman–Crippen MR) is 107 cm³/mol. The highest BCUT2D eigenvalue weighted by Crippen LogP contribution is 2.27. The fraction of sp³-hybridized carbons (Fsp3) is 0.316. The molecule has 0 aromatic heterocycles.